The minimum absolute atomic E-state index is 0.276. The Balaban J connectivity index is 1.79. The molecule has 0 aromatic carbocycles. The fourth-order valence-corrected chi connectivity index (χ4v) is 4.14. The van der Waals surface area contributed by atoms with Crippen molar-refractivity contribution in [3.8, 4) is 0 Å². The molecule has 1 aliphatic rings. The van der Waals surface area contributed by atoms with E-state index in [9.17, 15) is 10.2 Å². The highest BCUT2D eigenvalue weighted by Gasteiger charge is 2.40. The molecule has 0 aliphatic carbocycles. The zero-order valence-electron chi connectivity index (χ0n) is 20.1. The fraction of sp³-hybridized carbons (Fsp3) is 0.923. The average Bonchev–Trinajstić information content (AvgIpc) is 3.15. The normalized spacial score (nSPS) is 22.5. The zero-order chi connectivity index (χ0) is 22.6. The Morgan fingerprint density at radius 1 is 0.839 bits per heavy atom. The van der Waals surface area contributed by atoms with Gasteiger partial charge in [0.05, 0.1) is 13.2 Å². The monoisotopic (exact) mass is 442 g/mol. The van der Waals surface area contributed by atoms with Crippen molar-refractivity contribution in [2.24, 2.45) is 0 Å². The van der Waals surface area contributed by atoms with E-state index in [-0.39, 0.29) is 6.61 Å². The van der Waals surface area contributed by atoms with Crippen LogP contribution in [-0.4, -0.2) is 59.6 Å². The zero-order valence-corrected chi connectivity index (χ0v) is 20.1. The summed E-state index contributed by atoms with van der Waals surface area (Å²) in [5, 5.41) is 28.6. The molecular formula is C26H50O5. The Morgan fingerprint density at radius 3 is 1.90 bits per heavy atom. The van der Waals surface area contributed by atoms with Crippen LogP contribution in [-0.2, 0) is 9.47 Å². The number of ether oxygens (including phenoxy) is 2. The lowest BCUT2D eigenvalue weighted by atomic mass is 10.1. The predicted octanol–water partition coefficient (Wildman–Crippen LogP) is 5.30. The summed E-state index contributed by atoms with van der Waals surface area (Å²) in [6.07, 6.45) is 22.4. The molecule has 0 aromatic rings. The molecule has 0 saturated carbocycles. The predicted molar refractivity (Wildman–Crippen MR) is 127 cm³/mol. The Bertz CT molecular complexity index is 415. The van der Waals surface area contributed by atoms with Gasteiger partial charge >= 0.3 is 0 Å². The van der Waals surface area contributed by atoms with Crippen molar-refractivity contribution in [3.63, 3.8) is 0 Å². The van der Waals surface area contributed by atoms with Gasteiger partial charge < -0.3 is 24.8 Å². The first-order valence-electron chi connectivity index (χ1n) is 13.1. The Kier molecular flexibility index (Phi) is 18.6. The molecule has 184 valence electrons. The van der Waals surface area contributed by atoms with Crippen molar-refractivity contribution >= 4 is 0 Å². The molecule has 4 atom stereocenters. The standard InChI is InChI=1S/C26H50O5/c1-2-3-4-5-6-7-8-9-10-11-12-13-14-15-16-17-18-19-20-30-24-22-31-26(25(24)29)23(28)21-27/h8-9,23-29H,2-7,10-22H2,1H3/b9-8+/t23-,24+,25+,26+/m1/s1. The summed E-state index contributed by atoms with van der Waals surface area (Å²) in [4.78, 5) is 0. The van der Waals surface area contributed by atoms with Gasteiger partial charge in [-0.05, 0) is 32.1 Å². The first-order chi connectivity index (χ1) is 15.2. The summed E-state index contributed by atoms with van der Waals surface area (Å²) in [6, 6.07) is 0. The highest BCUT2D eigenvalue weighted by atomic mass is 16.6. The Hall–Kier alpha value is -0.460. The van der Waals surface area contributed by atoms with Gasteiger partial charge in [-0.25, -0.2) is 0 Å². The van der Waals surface area contributed by atoms with E-state index in [0.29, 0.717) is 6.61 Å². The molecule has 0 amide bonds. The number of allylic oxidation sites excluding steroid dienone is 2. The van der Waals surface area contributed by atoms with Crippen molar-refractivity contribution in [2.75, 3.05) is 19.8 Å². The third-order valence-corrected chi connectivity index (χ3v) is 6.22. The van der Waals surface area contributed by atoms with Crippen LogP contribution in [0.4, 0.5) is 0 Å². The molecule has 0 bridgehead atoms. The van der Waals surface area contributed by atoms with Gasteiger partial charge in [-0.15, -0.1) is 0 Å². The maximum atomic E-state index is 10.1. The maximum Gasteiger partial charge on any atom is 0.114 e. The number of aliphatic hydroxyl groups excluding tert-OH is 3. The van der Waals surface area contributed by atoms with E-state index in [1.165, 1.54) is 89.9 Å². The second-order valence-corrected chi connectivity index (χ2v) is 9.09. The molecule has 1 rings (SSSR count). The molecule has 1 aliphatic heterocycles. The molecule has 5 nitrogen and oxygen atoms in total. The molecular weight excluding hydrogens is 392 g/mol. The molecule has 3 N–H and O–H groups in total. The summed E-state index contributed by atoms with van der Waals surface area (Å²) in [7, 11) is 0. The minimum atomic E-state index is -1.05. The highest BCUT2D eigenvalue weighted by molar-refractivity contribution is 4.88. The van der Waals surface area contributed by atoms with Crippen LogP contribution >= 0.6 is 0 Å². The third kappa shape index (κ3) is 14.3. The number of hydrogen-bond donors (Lipinski definition) is 3. The summed E-state index contributed by atoms with van der Waals surface area (Å²) in [5.41, 5.74) is 0. The number of hydrogen-bond acceptors (Lipinski definition) is 5. The van der Waals surface area contributed by atoms with Crippen molar-refractivity contribution in [1.82, 2.24) is 0 Å². The lowest BCUT2D eigenvalue weighted by Crippen LogP contribution is -2.41. The lowest BCUT2D eigenvalue weighted by Gasteiger charge is -2.20. The molecule has 5 heteroatoms. The maximum absolute atomic E-state index is 10.1. The first kappa shape index (κ1) is 28.6. The second-order valence-electron chi connectivity index (χ2n) is 9.09. The van der Waals surface area contributed by atoms with Gasteiger partial charge in [-0.1, -0.05) is 89.7 Å². The van der Waals surface area contributed by atoms with Crippen molar-refractivity contribution in [1.29, 1.82) is 0 Å². The van der Waals surface area contributed by atoms with Crippen LogP contribution in [0.3, 0.4) is 0 Å². The van der Waals surface area contributed by atoms with Crippen molar-refractivity contribution in [2.45, 2.75) is 134 Å². The van der Waals surface area contributed by atoms with Gasteiger partial charge in [0.1, 0.15) is 24.4 Å². The molecule has 0 radical (unpaired) electrons. The minimum Gasteiger partial charge on any atom is -0.394 e. The SMILES string of the molecule is CCCCCCC/C=C/CCCCCCCCCCCO[C@H]1CO[C@@H]([C@H](O)CO)[C@H]1O. The second kappa shape index (κ2) is 20.2. The van der Waals surface area contributed by atoms with Gasteiger partial charge in [0, 0.05) is 6.61 Å². The van der Waals surface area contributed by atoms with Gasteiger partial charge in [0.15, 0.2) is 0 Å². The molecule has 1 fully saturated rings. The Morgan fingerprint density at radius 2 is 1.35 bits per heavy atom. The summed E-state index contributed by atoms with van der Waals surface area (Å²) < 4.78 is 11.0. The van der Waals surface area contributed by atoms with Gasteiger partial charge in [-0.3, -0.25) is 0 Å². The van der Waals surface area contributed by atoms with Crippen LogP contribution in [0.25, 0.3) is 0 Å². The van der Waals surface area contributed by atoms with E-state index in [0.717, 1.165) is 12.8 Å². The van der Waals surface area contributed by atoms with Gasteiger partial charge in [0.2, 0.25) is 0 Å². The number of aliphatic hydroxyl groups is 3. The van der Waals surface area contributed by atoms with Gasteiger partial charge in [-0.2, -0.15) is 0 Å². The van der Waals surface area contributed by atoms with Crippen LogP contribution in [0.15, 0.2) is 12.2 Å². The molecule has 1 heterocycles. The van der Waals surface area contributed by atoms with E-state index in [1.807, 2.05) is 0 Å². The first-order valence-corrected chi connectivity index (χ1v) is 13.1. The van der Waals surface area contributed by atoms with E-state index in [2.05, 4.69) is 19.1 Å². The summed E-state index contributed by atoms with van der Waals surface area (Å²) in [5.74, 6) is 0. The van der Waals surface area contributed by atoms with Crippen molar-refractivity contribution < 1.29 is 24.8 Å². The summed E-state index contributed by atoms with van der Waals surface area (Å²) >= 11 is 0. The average molecular weight is 443 g/mol. The third-order valence-electron chi connectivity index (χ3n) is 6.22. The van der Waals surface area contributed by atoms with Crippen LogP contribution in [0, 0.1) is 0 Å². The van der Waals surface area contributed by atoms with E-state index in [1.54, 1.807) is 0 Å². The molecule has 0 spiro atoms. The molecule has 0 aromatic heterocycles. The quantitative estimate of drug-likeness (QED) is 0.166. The van der Waals surface area contributed by atoms with Crippen LogP contribution in [0.1, 0.15) is 110 Å². The Labute approximate surface area is 191 Å². The van der Waals surface area contributed by atoms with Crippen LogP contribution in [0.5, 0.6) is 0 Å². The summed E-state index contributed by atoms with van der Waals surface area (Å²) in [6.45, 7) is 2.74. The highest BCUT2D eigenvalue weighted by Crippen LogP contribution is 2.20. The lowest BCUT2D eigenvalue weighted by molar-refractivity contribution is -0.0730. The van der Waals surface area contributed by atoms with E-state index < -0.39 is 31.0 Å². The van der Waals surface area contributed by atoms with E-state index >= 15 is 0 Å². The molecule has 1 saturated heterocycles. The fourth-order valence-electron chi connectivity index (χ4n) is 4.14. The topological polar surface area (TPSA) is 79.2 Å². The van der Waals surface area contributed by atoms with Crippen LogP contribution < -0.4 is 0 Å². The number of unbranched alkanes of at least 4 members (excludes halogenated alkanes) is 14. The number of rotatable bonds is 21. The smallest absolute Gasteiger partial charge is 0.114 e. The van der Waals surface area contributed by atoms with Crippen molar-refractivity contribution in [3.05, 3.63) is 12.2 Å². The van der Waals surface area contributed by atoms with E-state index in [4.69, 9.17) is 14.6 Å². The van der Waals surface area contributed by atoms with Gasteiger partial charge in [0.25, 0.3) is 0 Å². The largest absolute Gasteiger partial charge is 0.394 e. The molecule has 31 heavy (non-hydrogen) atoms. The molecule has 0 unspecified atom stereocenters. The van der Waals surface area contributed by atoms with Crippen LogP contribution in [0.2, 0.25) is 0 Å².